The largest absolute Gasteiger partial charge is 0.498 e. The number of benzene rings is 2. The lowest BCUT2D eigenvalue weighted by atomic mass is 9.94. The zero-order valence-electron chi connectivity index (χ0n) is 24.2. The number of amides is 1. The van der Waals surface area contributed by atoms with Crippen molar-refractivity contribution in [3.8, 4) is 0 Å². The molecule has 2 aromatic rings. The summed E-state index contributed by atoms with van der Waals surface area (Å²) in [5.41, 5.74) is 5.75. The minimum Gasteiger partial charge on any atom is -0.498 e. The van der Waals surface area contributed by atoms with Gasteiger partial charge in [-0.1, -0.05) is 63.6 Å². The quantitative estimate of drug-likeness (QED) is 0.186. The molecule has 0 saturated carbocycles. The molecule has 5 nitrogen and oxygen atoms in total. The summed E-state index contributed by atoms with van der Waals surface area (Å²) in [5, 5.41) is 0. The highest BCUT2D eigenvalue weighted by molar-refractivity contribution is 5.65. The highest BCUT2D eigenvalue weighted by Crippen LogP contribution is 2.27. The highest BCUT2D eigenvalue weighted by atomic mass is 19.1. The van der Waals surface area contributed by atoms with Gasteiger partial charge in [0.1, 0.15) is 11.6 Å². The Morgan fingerprint density at radius 2 is 1.64 bits per heavy atom. The average Bonchev–Trinajstić information content (AvgIpc) is 2.94. The molecule has 0 unspecified atom stereocenters. The first-order valence-corrected chi connectivity index (χ1v) is 13.9. The number of carbonyl (C=O) groups is 1. The molecular weight excluding hydrogens is 498 g/mol. The molecule has 0 aromatic heterocycles. The van der Waals surface area contributed by atoms with E-state index in [0.29, 0.717) is 11.1 Å². The first-order chi connectivity index (χ1) is 18.8. The Balaban J connectivity index is 0.000000367. The summed E-state index contributed by atoms with van der Waals surface area (Å²) in [4.78, 5) is 13.5. The molecule has 3 rings (SSSR count). The number of nitrogens with zero attached hydrogens (tertiary/aromatic N) is 1. The number of hydrogen-bond acceptors (Lipinski definition) is 4. The third-order valence-electron chi connectivity index (χ3n) is 6.29. The lowest BCUT2D eigenvalue weighted by molar-refractivity contribution is 0.126. The summed E-state index contributed by atoms with van der Waals surface area (Å²) in [6.07, 6.45) is 9.36. The molecule has 0 atom stereocenters. The zero-order chi connectivity index (χ0) is 29.0. The van der Waals surface area contributed by atoms with Crippen molar-refractivity contribution in [3.63, 3.8) is 0 Å². The fourth-order valence-corrected chi connectivity index (χ4v) is 4.20. The second kappa shape index (κ2) is 19.8. The van der Waals surface area contributed by atoms with E-state index < -0.39 is 23.8 Å². The molecule has 0 spiro atoms. The number of hydrogen-bond donors (Lipinski definition) is 1. The van der Waals surface area contributed by atoms with Crippen LogP contribution in [0.1, 0.15) is 77.5 Å². The maximum Gasteiger partial charge on any atom is 0.405 e. The Morgan fingerprint density at radius 1 is 1.08 bits per heavy atom. The van der Waals surface area contributed by atoms with Gasteiger partial charge in [0.15, 0.2) is 6.10 Å². The molecule has 0 bridgehead atoms. The van der Waals surface area contributed by atoms with Crippen molar-refractivity contribution in [2.75, 3.05) is 26.2 Å². The first kappa shape index (κ1) is 33.8. The number of primary amides is 1. The Bertz CT molecular complexity index is 972. The molecule has 2 N–H and O–H groups in total. The molecule has 1 aliphatic heterocycles. The van der Waals surface area contributed by atoms with Crippen molar-refractivity contribution in [2.24, 2.45) is 11.7 Å². The minimum atomic E-state index is -1.02. The minimum absolute atomic E-state index is 0.379. The van der Waals surface area contributed by atoms with Crippen LogP contribution in [-0.4, -0.2) is 37.2 Å². The van der Waals surface area contributed by atoms with Gasteiger partial charge in [-0.3, -0.25) is 0 Å². The lowest BCUT2D eigenvalue weighted by Gasteiger charge is -2.31. The van der Waals surface area contributed by atoms with Gasteiger partial charge in [0.05, 0.1) is 12.4 Å². The Kier molecular flexibility index (Phi) is 17.2. The number of piperidine rings is 1. The number of rotatable bonds is 10. The third-order valence-corrected chi connectivity index (χ3v) is 6.29. The lowest BCUT2D eigenvalue weighted by Crippen LogP contribution is -2.34. The third kappa shape index (κ3) is 14.0. The predicted octanol–water partition coefficient (Wildman–Crippen LogP) is 8.17. The van der Waals surface area contributed by atoms with Crippen LogP contribution in [-0.2, 0) is 9.47 Å². The number of allylic oxidation sites excluding steroid dienone is 4. The number of nitrogens with two attached hydrogens (primary N) is 1. The smallest absolute Gasteiger partial charge is 0.405 e. The van der Waals surface area contributed by atoms with E-state index in [9.17, 15) is 13.6 Å². The number of halogens is 2. The van der Waals surface area contributed by atoms with Crippen LogP contribution >= 0.6 is 0 Å². The average molecular weight is 545 g/mol. The van der Waals surface area contributed by atoms with Gasteiger partial charge in [0, 0.05) is 6.54 Å². The van der Waals surface area contributed by atoms with Crippen molar-refractivity contribution < 1.29 is 23.0 Å². The van der Waals surface area contributed by atoms with Crippen molar-refractivity contribution in [3.05, 3.63) is 95.3 Å². The van der Waals surface area contributed by atoms with Crippen molar-refractivity contribution in [1.82, 2.24) is 4.90 Å². The Hall–Kier alpha value is -3.19. The fraction of sp³-hybridized carbons (Fsp3) is 0.469. The van der Waals surface area contributed by atoms with Gasteiger partial charge < -0.3 is 20.1 Å². The van der Waals surface area contributed by atoms with Crippen LogP contribution in [0.2, 0.25) is 0 Å². The van der Waals surface area contributed by atoms with E-state index in [-0.39, 0.29) is 0 Å². The molecule has 7 heteroatoms. The van der Waals surface area contributed by atoms with Crippen LogP contribution in [0.5, 0.6) is 0 Å². The number of ether oxygens (including phenoxy) is 2. The molecule has 1 aliphatic rings. The van der Waals surface area contributed by atoms with Gasteiger partial charge in [0.2, 0.25) is 0 Å². The van der Waals surface area contributed by atoms with E-state index in [0.717, 1.165) is 24.7 Å². The normalized spacial score (nSPS) is 14.3. The SMILES string of the molecule is C/C=C\C=C(/C)OCCCN1CCC(CC)CC1.CC.NC(=O)OC(c1cccc(F)c1)c1cccc(F)c1. The first-order valence-electron chi connectivity index (χ1n) is 13.9. The van der Waals surface area contributed by atoms with Gasteiger partial charge in [-0.05, 0) is 93.6 Å². The maximum absolute atomic E-state index is 13.2. The van der Waals surface area contributed by atoms with E-state index in [2.05, 4.69) is 11.8 Å². The molecule has 2 aromatic carbocycles. The molecule has 0 aliphatic carbocycles. The van der Waals surface area contributed by atoms with Crippen LogP contribution in [0.15, 0.2) is 72.5 Å². The van der Waals surface area contributed by atoms with Crippen LogP contribution < -0.4 is 5.73 Å². The van der Waals surface area contributed by atoms with E-state index in [1.54, 1.807) is 12.1 Å². The molecule has 1 amide bonds. The fourth-order valence-electron chi connectivity index (χ4n) is 4.20. The van der Waals surface area contributed by atoms with Crippen LogP contribution in [0.4, 0.5) is 13.6 Å². The van der Waals surface area contributed by atoms with Crippen LogP contribution in [0, 0.1) is 17.6 Å². The predicted molar refractivity (Wildman–Crippen MR) is 155 cm³/mol. The van der Waals surface area contributed by atoms with Crippen LogP contribution in [0.3, 0.4) is 0 Å². The maximum atomic E-state index is 13.2. The number of carbonyl (C=O) groups excluding carboxylic acids is 1. The van der Waals surface area contributed by atoms with Crippen LogP contribution in [0.25, 0.3) is 0 Å². The van der Waals surface area contributed by atoms with Gasteiger partial charge in [-0.15, -0.1) is 0 Å². The molecule has 1 fully saturated rings. The summed E-state index contributed by atoms with van der Waals surface area (Å²) >= 11 is 0. The second-order valence-electron chi connectivity index (χ2n) is 9.13. The summed E-state index contributed by atoms with van der Waals surface area (Å²) in [6, 6.07) is 11.0. The molecule has 1 heterocycles. The highest BCUT2D eigenvalue weighted by Gasteiger charge is 2.19. The number of likely N-dealkylation sites (tertiary alicyclic amines) is 1. The van der Waals surface area contributed by atoms with Gasteiger partial charge in [-0.2, -0.15) is 0 Å². The van der Waals surface area contributed by atoms with E-state index in [1.807, 2.05) is 45.9 Å². The van der Waals surface area contributed by atoms with Gasteiger partial charge in [0.25, 0.3) is 0 Å². The Labute approximate surface area is 233 Å². The van der Waals surface area contributed by atoms with Crippen molar-refractivity contribution in [2.45, 2.75) is 66.4 Å². The monoisotopic (exact) mass is 544 g/mol. The van der Waals surface area contributed by atoms with Crippen molar-refractivity contribution >= 4 is 6.09 Å². The van der Waals surface area contributed by atoms with E-state index >= 15 is 0 Å². The van der Waals surface area contributed by atoms with Gasteiger partial charge in [-0.25, -0.2) is 13.6 Å². The summed E-state index contributed by atoms with van der Waals surface area (Å²) in [7, 11) is 0. The standard InChI is InChI=1S/C16H29NO.C14H11F2NO2.C2H6/c1-4-6-8-15(3)18-14-7-11-17-12-9-16(5-2)10-13-17;15-11-5-1-3-9(7-11)13(19-14(17)18)10-4-2-6-12(16)8-10;1-2/h4,6,8,16H,5,7,9-14H2,1-3H3;1-8,13H,(H2,17,18);1-2H3/b6-4-,15-8+;;. The van der Waals surface area contributed by atoms with Crippen molar-refractivity contribution in [1.29, 1.82) is 0 Å². The molecule has 1 saturated heterocycles. The van der Waals surface area contributed by atoms with Gasteiger partial charge >= 0.3 is 6.09 Å². The molecule has 0 radical (unpaired) electrons. The zero-order valence-corrected chi connectivity index (χ0v) is 24.2. The Morgan fingerprint density at radius 3 is 2.10 bits per heavy atom. The van der Waals surface area contributed by atoms with E-state index in [4.69, 9.17) is 15.2 Å². The summed E-state index contributed by atoms with van der Waals surface area (Å²) < 4.78 is 37.0. The summed E-state index contributed by atoms with van der Waals surface area (Å²) in [5.74, 6) is 1.03. The second-order valence-corrected chi connectivity index (χ2v) is 9.13. The van der Waals surface area contributed by atoms with E-state index in [1.165, 1.54) is 75.3 Å². The molecule has 39 heavy (non-hydrogen) atoms. The topological polar surface area (TPSA) is 64.8 Å². The summed E-state index contributed by atoms with van der Waals surface area (Å²) in [6.45, 7) is 14.9. The molecule has 216 valence electrons. The molecular formula is C32H46F2N2O3.